The summed E-state index contributed by atoms with van der Waals surface area (Å²) in [5.41, 5.74) is 1.03. The Morgan fingerprint density at radius 3 is 2.33 bits per heavy atom. The Morgan fingerprint density at radius 2 is 1.70 bits per heavy atom. The van der Waals surface area contributed by atoms with Crippen LogP contribution < -0.4 is 14.4 Å². The summed E-state index contributed by atoms with van der Waals surface area (Å²) < 4.78 is 33.3. The first kappa shape index (κ1) is 19.1. The maximum absolute atomic E-state index is 12.8. The molecule has 2 aromatic carbocycles. The number of benzene rings is 2. The molecule has 27 heavy (non-hydrogen) atoms. The molecule has 1 fully saturated rings. The highest BCUT2D eigenvalue weighted by molar-refractivity contribution is 7.89. The lowest BCUT2D eigenvalue weighted by Crippen LogP contribution is -2.40. The van der Waals surface area contributed by atoms with Crippen LogP contribution in [0.5, 0.6) is 5.75 Å². The van der Waals surface area contributed by atoms with E-state index in [9.17, 15) is 18.0 Å². The number of anilines is 1. The van der Waals surface area contributed by atoms with Crippen LogP contribution >= 0.6 is 0 Å². The number of hydrogen-bond donors (Lipinski definition) is 1. The minimum atomic E-state index is -3.92. The molecule has 0 radical (unpaired) electrons. The zero-order valence-corrected chi connectivity index (χ0v) is 15.7. The van der Waals surface area contributed by atoms with Crippen molar-refractivity contribution in [2.45, 2.75) is 30.7 Å². The summed E-state index contributed by atoms with van der Waals surface area (Å²) in [5.74, 6) is -0.537. The number of carbonyl (C=O) groups excluding carboxylic acids is 2. The maximum Gasteiger partial charge on any atom is 0.244 e. The molecule has 8 heteroatoms. The number of nitrogens with zero attached hydrogens (tertiary/aromatic N) is 1. The van der Waals surface area contributed by atoms with Crippen LogP contribution in [0.4, 0.5) is 5.69 Å². The molecule has 2 amide bonds. The van der Waals surface area contributed by atoms with Crippen molar-refractivity contribution in [2.24, 2.45) is 0 Å². The van der Waals surface area contributed by atoms with E-state index < -0.39 is 10.0 Å². The topological polar surface area (TPSA) is 92.8 Å². The second kappa shape index (κ2) is 7.89. The van der Waals surface area contributed by atoms with Crippen molar-refractivity contribution in [3.8, 4) is 5.75 Å². The van der Waals surface area contributed by atoms with E-state index in [1.165, 1.54) is 25.3 Å². The van der Waals surface area contributed by atoms with Crippen molar-refractivity contribution in [1.82, 2.24) is 4.72 Å². The van der Waals surface area contributed by atoms with E-state index in [4.69, 9.17) is 4.74 Å². The molecule has 0 spiro atoms. The van der Waals surface area contributed by atoms with Crippen LogP contribution in [-0.2, 0) is 26.2 Å². The molecule has 0 unspecified atom stereocenters. The van der Waals surface area contributed by atoms with Crippen molar-refractivity contribution < 1.29 is 22.7 Å². The highest BCUT2D eigenvalue weighted by Gasteiger charge is 2.29. The summed E-state index contributed by atoms with van der Waals surface area (Å²) in [4.78, 5) is 25.2. The van der Waals surface area contributed by atoms with E-state index >= 15 is 0 Å². The highest BCUT2D eigenvalue weighted by Crippen LogP contribution is 2.31. The zero-order chi connectivity index (χ0) is 19.4. The maximum atomic E-state index is 12.8. The molecular weight excluding hydrogens is 368 g/mol. The molecule has 142 valence electrons. The number of amides is 2. The monoisotopic (exact) mass is 388 g/mol. The van der Waals surface area contributed by atoms with Gasteiger partial charge in [0.15, 0.2) is 0 Å². The lowest BCUT2D eigenvalue weighted by atomic mass is 10.1. The molecule has 7 nitrogen and oxygen atoms in total. The second-order valence-corrected chi connectivity index (χ2v) is 7.86. The third-order valence-electron chi connectivity index (χ3n) is 4.28. The van der Waals surface area contributed by atoms with Gasteiger partial charge in [-0.2, -0.15) is 0 Å². The molecule has 1 N–H and O–H groups in total. The fourth-order valence-corrected chi connectivity index (χ4v) is 4.11. The van der Waals surface area contributed by atoms with Crippen LogP contribution in [0.3, 0.4) is 0 Å². The summed E-state index contributed by atoms with van der Waals surface area (Å²) in [7, 11) is -2.56. The van der Waals surface area contributed by atoms with Gasteiger partial charge >= 0.3 is 0 Å². The van der Waals surface area contributed by atoms with Gasteiger partial charge < -0.3 is 4.74 Å². The standard InChI is InChI=1S/C19H20N2O5S/c1-26-16-11-10-15(21-18(22)8-5-9-19(21)23)12-17(16)27(24,25)20-13-14-6-3-2-4-7-14/h2-4,6-7,10-12,20H,5,8-9,13H2,1H3. The van der Waals surface area contributed by atoms with Gasteiger partial charge in [-0.25, -0.2) is 13.1 Å². The largest absolute Gasteiger partial charge is 0.495 e. The number of imide groups is 1. The molecule has 2 aromatic rings. The summed E-state index contributed by atoms with van der Waals surface area (Å²) in [5, 5.41) is 0. The van der Waals surface area contributed by atoms with Gasteiger partial charge in [0, 0.05) is 19.4 Å². The summed E-state index contributed by atoms with van der Waals surface area (Å²) in [6, 6.07) is 13.3. The Bertz CT molecular complexity index is 941. The van der Waals surface area contributed by atoms with Crippen LogP contribution in [-0.4, -0.2) is 27.3 Å². The predicted molar refractivity (Wildman–Crippen MR) is 99.8 cm³/mol. The van der Waals surface area contributed by atoms with E-state index in [-0.39, 0.29) is 47.5 Å². The Balaban J connectivity index is 1.93. The summed E-state index contributed by atoms with van der Waals surface area (Å²) in [6.45, 7) is 0.109. The van der Waals surface area contributed by atoms with Gasteiger partial charge in [-0.15, -0.1) is 0 Å². The predicted octanol–water partition coefficient (Wildman–Crippen LogP) is 2.22. The third kappa shape index (κ3) is 4.17. The molecule has 0 saturated carbocycles. The minimum absolute atomic E-state index is 0.109. The Morgan fingerprint density at radius 1 is 1.04 bits per heavy atom. The van der Waals surface area contributed by atoms with Gasteiger partial charge in [0.1, 0.15) is 10.6 Å². The summed E-state index contributed by atoms with van der Waals surface area (Å²) in [6.07, 6.45) is 1.02. The van der Waals surface area contributed by atoms with Crippen molar-refractivity contribution in [1.29, 1.82) is 0 Å². The zero-order valence-electron chi connectivity index (χ0n) is 14.8. The normalized spacial score (nSPS) is 15.1. The first-order valence-corrected chi connectivity index (χ1v) is 9.98. The van der Waals surface area contributed by atoms with Gasteiger partial charge in [0.2, 0.25) is 21.8 Å². The number of hydrogen-bond acceptors (Lipinski definition) is 5. The van der Waals surface area contributed by atoms with E-state index in [2.05, 4.69) is 4.72 Å². The smallest absolute Gasteiger partial charge is 0.244 e. The molecule has 1 saturated heterocycles. The number of carbonyl (C=O) groups is 2. The number of ether oxygens (including phenoxy) is 1. The van der Waals surface area contributed by atoms with Crippen molar-refractivity contribution in [3.63, 3.8) is 0 Å². The number of methoxy groups -OCH3 is 1. The van der Waals surface area contributed by atoms with Gasteiger partial charge in [-0.1, -0.05) is 30.3 Å². The lowest BCUT2D eigenvalue weighted by molar-refractivity contribution is -0.129. The Hall–Kier alpha value is -2.71. The third-order valence-corrected chi connectivity index (χ3v) is 5.71. The quantitative estimate of drug-likeness (QED) is 0.766. The second-order valence-electron chi connectivity index (χ2n) is 6.12. The van der Waals surface area contributed by atoms with Crippen LogP contribution in [0.15, 0.2) is 53.4 Å². The molecule has 1 aliphatic rings. The number of sulfonamides is 1. The van der Waals surface area contributed by atoms with Crippen LogP contribution in [0.1, 0.15) is 24.8 Å². The van der Waals surface area contributed by atoms with E-state index in [1.54, 1.807) is 12.1 Å². The van der Waals surface area contributed by atoms with Gasteiger partial charge in [-0.05, 0) is 30.2 Å². The van der Waals surface area contributed by atoms with Crippen molar-refractivity contribution in [3.05, 3.63) is 54.1 Å². The van der Waals surface area contributed by atoms with Gasteiger partial charge in [0.05, 0.1) is 12.8 Å². The van der Waals surface area contributed by atoms with Crippen molar-refractivity contribution in [2.75, 3.05) is 12.0 Å². The molecule has 0 aromatic heterocycles. The van der Waals surface area contributed by atoms with Crippen LogP contribution in [0, 0.1) is 0 Å². The SMILES string of the molecule is COc1ccc(N2C(=O)CCCC2=O)cc1S(=O)(=O)NCc1ccccc1. The van der Waals surface area contributed by atoms with Crippen LogP contribution in [0.2, 0.25) is 0 Å². The molecule has 3 rings (SSSR count). The van der Waals surface area contributed by atoms with E-state index in [0.717, 1.165) is 10.5 Å². The van der Waals surface area contributed by atoms with Gasteiger partial charge in [-0.3, -0.25) is 14.5 Å². The first-order chi connectivity index (χ1) is 12.9. The average molecular weight is 388 g/mol. The number of rotatable bonds is 6. The van der Waals surface area contributed by atoms with E-state index in [1.807, 2.05) is 18.2 Å². The number of piperidine rings is 1. The molecule has 1 aliphatic heterocycles. The fraction of sp³-hybridized carbons (Fsp3) is 0.263. The summed E-state index contributed by atoms with van der Waals surface area (Å²) >= 11 is 0. The highest BCUT2D eigenvalue weighted by atomic mass is 32.2. The molecular formula is C19H20N2O5S. The number of nitrogens with one attached hydrogen (secondary N) is 1. The Labute approximate surface area is 158 Å². The van der Waals surface area contributed by atoms with Crippen molar-refractivity contribution >= 4 is 27.5 Å². The lowest BCUT2D eigenvalue weighted by Gasteiger charge is -2.25. The molecule has 0 atom stereocenters. The van der Waals surface area contributed by atoms with E-state index in [0.29, 0.717) is 6.42 Å². The van der Waals surface area contributed by atoms with Gasteiger partial charge in [0.25, 0.3) is 0 Å². The molecule has 0 bridgehead atoms. The Kier molecular flexibility index (Phi) is 5.57. The molecule has 0 aliphatic carbocycles. The van der Waals surface area contributed by atoms with Crippen LogP contribution in [0.25, 0.3) is 0 Å². The first-order valence-electron chi connectivity index (χ1n) is 8.50. The average Bonchev–Trinajstić information content (AvgIpc) is 2.67. The minimum Gasteiger partial charge on any atom is -0.495 e. The fourth-order valence-electron chi connectivity index (χ4n) is 2.91. The molecule has 1 heterocycles.